The van der Waals surface area contributed by atoms with Gasteiger partial charge in [0.25, 0.3) is 5.91 Å². The van der Waals surface area contributed by atoms with Gasteiger partial charge in [-0.15, -0.1) is 24.8 Å². The number of aromatic nitrogens is 1. The van der Waals surface area contributed by atoms with Gasteiger partial charge in [-0.05, 0) is 25.1 Å². The van der Waals surface area contributed by atoms with E-state index < -0.39 is 0 Å². The van der Waals surface area contributed by atoms with Crippen LogP contribution in [0.4, 0.5) is 5.69 Å². The lowest BCUT2D eigenvalue weighted by Crippen LogP contribution is -2.28. The first-order valence-corrected chi connectivity index (χ1v) is 5.95. The molecule has 0 spiro atoms. The minimum absolute atomic E-state index is 0. The topological polar surface area (TPSA) is 57.3 Å². The monoisotopic (exact) mass is 306 g/mol. The molecule has 1 aromatic rings. The van der Waals surface area contributed by atoms with Crippen LogP contribution in [0.1, 0.15) is 16.9 Å². The molecule has 19 heavy (non-hydrogen) atoms. The third-order valence-corrected chi connectivity index (χ3v) is 2.91. The van der Waals surface area contributed by atoms with Crippen molar-refractivity contribution in [2.24, 2.45) is 0 Å². The molecule has 1 fully saturated rings. The Balaban J connectivity index is 0.00000162. The number of carbonyl (C=O) groups is 1. The van der Waals surface area contributed by atoms with Crippen molar-refractivity contribution in [2.45, 2.75) is 6.42 Å². The predicted octanol–water partition coefficient (Wildman–Crippen LogP) is 1.08. The standard InChI is InChI=1S/C12H18N4O.2ClH/c1-13-12(17)11-4-3-10(9-15-11)16-7-2-5-14-6-8-16;;/h3-4,9,14H,2,5-8H2,1H3,(H,13,17);2*1H. The Kier molecular flexibility index (Phi) is 8.47. The Bertz CT molecular complexity index is 378. The Morgan fingerprint density at radius 3 is 2.74 bits per heavy atom. The second kappa shape index (κ2) is 8.96. The third kappa shape index (κ3) is 4.86. The molecule has 0 bridgehead atoms. The van der Waals surface area contributed by atoms with Crippen LogP contribution in [0.3, 0.4) is 0 Å². The molecule has 0 aliphatic carbocycles. The normalized spacial score (nSPS) is 14.7. The summed E-state index contributed by atoms with van der Waals surface area (Å²) in [6, 6.07) is 3.73. The van der Waals surface area contributed by atoms with Gasteiger partial charge in [0.05, 0.1) is 11.9 Å². The summed E-state index contributed by atoms with van der Waals surface area (Å²) in [5.74, 6) is -0.144. The first kappa shape index (κ1) is 18.0. The van der Waals surface area contributed by atoms with E-state index in [0.717, 1.165) is 38.3 Å². The smallest absolute Gasteiger partial charge is 0.269 e. The number of halogens is 2. The number of amides is 1. The first-order chi connectivity index (χ1) is 8.31. The molecular formula is C12H20Cl2N4O. The zero-order chi connectivity index (χ0) is 12.1. The maximum atomic E-state index is 11.4. The number of hydrogen-bond donors (Lipinski definition) is 2. The highest BCUT2D eigenvalue weighted by Gasteiger charge is 2.11. The van der Waals surface area contributed by atoms with Crippen LogP contribution in [0, 0.1) is 0 Å². The van der Waals surface area contributed by atoms with Crippen molar-refractivity contribution < 1.29 is 4.79 Å². The van der Waals surface area contributed by atoms with E-state index in [2.05, 4.69) is 20.5 Å². The summed E-state index contributed by atoms with van der Waals surface area (Å²) in [5, 5.41) is 5.92. The van der Waals surface area contributed by atoms with E-state index in [1.165, 1.54) is 0 Å². The number of nitrogens with one attached hydrogen (secondary N) is 2. The summed E-state index contributed by atoms with van der Waals surface area (Å²) >= 11 is 0. The minimum Gasteiger partial charge on any atom is -0.369 e. The quantitative estimate of drug-likeness (QED) is 0.858. The number of rotatable bonds is 2. The van der Waals surface area contributed by atoms with Gasteiger partial charge in [-0.25, -0.2) is 4.98 Å². The average molecular weight is 307 g/mol. The fourth-order valence-electron chi connectivity index (χ4n) is 1.94. The van der Waals surface area contributed by atoms with Gasteiger partial charge in [-0.1, -0.05) is 0 Å². The van der Waals surface area contributed by atoms with Crippen LogP contribution < -0.4 is 15.5 Å². The van der Waals surface area contributed by atoms with Crippen LogP contribution in [0.25, 0.3) is 0 Å². The Morgan fingerprint density at radius 1 is 1.32 bits per heavy atom. The summed E-state index contributed by atoms with van der Waals surface area (Å²) in [5.41, 5.74) is 1.55. The van der Waals surface area contributed by atoms with Crippen molar-refractivity contribution in [1.29, 1.82) is 0 Å². The molecule has 2 heterocycles. The van der Waals surface area contributed by atoms with Crippen molar-refractivity contribution in [2.75, 3.05) is 38.1 Å². The lowest BCUT2D eigenvalue weighted by atomic mass is 10.3. The Morgan fingerprint density at radius 2 is 2.11 bits per heavy atom. The van der Waals surface area contributed by atoms with Gasteiger partial charge in [0.15, 0.2) is 0 Å². The maximum absolute atomic E-state index is 11.4. The lowest BCUT2D eigenvalue weighted by Gasteiger charge is -2.21. The molecule has 5 nitrogen and oxygen atoms in total. The lowest BCUT2D eigenvalue weighted by molar-refractivity contribution is 0.0958. The Labute approximate surface area is 126 Å². The predicted molar refractivity (Wildman–Crippen MR) is 81.8 cm³/mol. The van der Waals surface area contributed by atoms with E-state index in [-0.39, 0.29) is 30.7 Å². The fraction of sp³-hybridized carbons (Fsp3) is 0.500. The van der Waals surface area contributed by atoms with Crippen LogP contribution in [-0.2, 0) is 0 Å². The van der Waals surface area contributed by atoms with Crippen LogP contribution >= 0.6 is 24.8 Å². The summed E-state index contributed by atoms with van der Waals surface area (Å²) in [6.45, 7) is 4.09. The van der Waals surface area contributed by atoms with E-state index in [0.29, 0.717) is 5.69 Å². The number of carbonyl (C=O) groups excluding carboxylic acids is 1. The summed E-state index contributed by atoms with van der Waals surface area (Å²) in [6.07, 6.45) is 2.91. The van der Waals surface area contributed by atoms with Gasteiger partial charge in [-0.3, -0.25) is 4.79 Å². The Hall–Kier alpha value is -1.04. The minimum atomic E-state index is -0.144. The number of nitrogens with zero attached hydrogens (tertiary/aromatic N) is 2. The van der Waals surface area contributed by atoms with Gasteiger partial charge in [-0.2, -0.15) is 0 Å². The molecule has 1 aliphatic rings. The molecule has 0 saturated carbocycles. The van der Waals surface area contributed by atoms with Gasteiger partial charge in [0, 0.05) is 26.7 Å². The average Bonchev–Trinajstić information content (AvgIpc) is 2.67. The second-order valence-electron chi connectivity index (χ2n) is 4.07. The molecule has 2 N–H and O–H groups in total. The molecular weight excluding hydrogens is 287 g/mol. The molecule has 1 aliphatic heterocycles. The van der Waals surface area contributed by atoms with E-state index in [1.807, 2.05) is 6.07 Å². The van der Waals surface area contributed by atoms with Crippen LogP contribution in [0.15, 0.2) is 18.3 Å². The second-order valence-corrected chi connectivity index (χ2v) is 4.07. The SMILES string of the molecule is CNC(=O)c1ccc(N2CCCNCC2)cn1.Cl.Cl. The van der Waals surface area contributed by atoms with Crippen molar-refractivity contribution in [3.05, 3.63) is 24.0 Å². The largest absolute Gasteiger partial charge is 0.369 e. The highest BCUT2D eigenvalue weighted by molar-refractivity contribution is 5.92. The molecule has 2 rings (SSSR count). The van der Waals surface area contributed by atoms with Gasteiger partial charge in [0.1, 0.15) is 5.69 Å². The number of pyridine rings is 1. The zero-order valence-corrected chi connectivity index (χ0v) is 12.5. The summed E-state index contributed by atoms with van der Waals surface area (Å²) in [4.78, 5) is 17.8. The molecule has 108 valence electrons. The van der Waals surface area contributed by atoms with E-state index in [9.17, 15) is 4.79 Å². The van der Waals surface area contributed by atoms with Crippen molar-refractivity contribution in [1.82, 2.24) is 15.6 Å². The third-order valence-electron chi connectivity index (χ3n) is 2.91. The molecule has 1 saturated heterocycles. The number of anilines is 1. The van der Waals surface area contributed by atoms with Gasteiger partial charge < -0.3 is 15.5 Å². The molecule has 0 unspecified atom stereocenters. The van der Waals surface area contributed by atoms with Gasteiger partial charge in [0.2, 0.25) is 0 Å². The highest BCUT2D eigenvalue weighted by Crippen LogP contribution is 2.14. The molecule has 7 heteroatoms. The fourth-order valence-corrected chi connectivity index (χ4v) is 1.94. The molecule has 0 atom stereocenters. The zero-order valence-electron chi connectivity index (χ0n) is 10.9. The molecule has 0 aromatic carbocycles. The van der Waals surface area contributed by atoms with Crippen molar-refractivity contribution in [3.63, 3.8) is 0 Å². The highest BCUT2D eigenvalue weighted by atomic mass is 35.5. The van der Waals surface area contributed by atoms with Crippen LogP contribution in [0.2, 0.25) is 0 Å². The van der Waals surface area contributed by atoms with Crippen molar-refractivity contribution >= 4 is 36.4 Å². The molecule has 1 aromatic heterocycles. The van der Waals surface area contributed by atoms with E-state index in [4.69, 9.17) is 0 Å². The molecule has 1 amide bonds. The van der Waals surface area contributed by atoms with Gasteiger partial charge >= 0.3 is 0 Å². The van der Waals surface area contributed by atoms with Crippen LogP contribution in [0.5, 0.6) is 0 Å². The van der Waals surface area contributed by atoms with Crippen LogP contribution in [-0.4, -0.2) is 44.1 Å². The van der Waals surface area contributed by atoms with Crippen molar-refractivity contribution in [3.8, 4) is 0 Å². The first-order valence-electron chi connectivity index (χ1n) is 5.95. The number of hydrogen-bond acceptors (Lipinski definition) is 4. The molecule has 0 radical (unpaired) electrons. The maximum Gasteiger partial charge on any atom is 0.269 e. The van der Waals surface area contributed by atoms with E-state index in [1.54, 1.807) is 19.3 Å². The summed E-state index contributed by atoms with van der Waals surface area (Å²) < 4.78 is 0. The summed E-state index contributed by atoms with van der Waals surface area (Å²) in [7, 11) is 1.61. The van der Waals surface area contributed by atoms with E-state index >= 15 is 0 Å².